The van der Waals surface area contributed by atoms with Crippen molar-refractivity contribution in [1.29, 1.82) is 0 Å². The van der Waals surface area contributed by atoms with Crippen LogP contribution < -0.4 is 5.32 Å². The number of amides is 1. The lowest BCUT2D eigenvalue weighted by molar-refractivity contribution is -0.118. The molecule has 134 valence electrons. The van der Waals surface area contributed by atoms with Gasteiger partial charge in [0.1, 0.15) is 0 Å². The van der Waals surface area contributed by atoms with E-state index in [1.165, 1.54) is 6.07 Å². The second-order valence-electron chi connectivity index (χ2n) is 6.51. The van der Waals surface area contributed by atoms with Gasteiger partial charge in [0.15, 0.2) is 9.84 Å². The minimum Gasteiger partial charge on any atom is -0.325 e. The molecule has 5 heteroatoms. The van der Waals surface area contributed by atoms with Crippen molar-refractivity contribution in [1.82, 2.24) is 0 Å². The zero-order valence-electron chi connectivity index (χ0n) is 15.1. The number of hydrogen-bond acceptors (Lipinski definition) is 3. The molecule has 2 rings (SSSR count). The number of benzene rings is 2. The standard InChI is InChI=1S/C20H25NO3S/c1-5-14(2)19(16-9-7-6-8-10-16)20(22)21-18-13-17(25(4,23)24)12-11-15(18)3/h6-14,19H,5H2,1-4H3,(H,21,22)/t14-,19-/m0/s1. The number of anilines is 1. The van der Waals surface area contributed by atoms with E-state index in [-0.39, 0.29) is 22.6 Å². The lowest BCUT2D eigenvalue weighted by Crippen LogP contribution is -2.26. The molecule has 0 unspecified atom stereocenters. The molecule has 0 aliphatic rings. The maximum atomic E-state index is 13.0. The van der Waals surface area contributed by atoms with Crippen LogP contribution in [0.1, 0.15) is 37.3 Å². The number of nitrogens with one attached hydrogen (secondary N) is 1. The van der Waals surface area contributed by atoms with Gasteiger partial charge in [-0.3, -0.25) is 4.79 Å². The summed E-state index contributed by atoms with van der Waals surface area (Å²) in [6.45, 7) is 5.96. The van der Waals surface area contributed by atoms with Crippen LogP contribution in [0.3, 0.4) is 0 Å². The summed E-state index contributed by atoms with van der Waals surface area (Å²) in [4.78, 5) is 13.2. The number of carbonyl (C=O) groups excluding carboxylic acids is 1. The van der Waals surface area contributed by atoms with E-state index in [1.54, 1.807) is 12.1 Å². The van der Waals surface area contributed by atoms with Crippen LogP contribution in [0.4, 0.5) is 5.69 Å². The first-order valence-corrected chi connectivity index (χ1v) is 10.3. The molecule has 0 saturated heterocycles. The largest absolute Gasteiger partial charge is 0.325 e. The smallest absolute Gasteiger partial charge is 0.232 e. The number of rotatable bonds is 6. The molecule has 2 aromatic rings. The molecular formula is C20H25NO3S. The van der Waals surface area contributed by atoms with Crippen LogP contribution in [0.2, 0.25) is 0 Å². The van der Waals surface area contributed by atoms with Crippen molar-refractivity contribution in [3.05, 3.63) is 59.7 Å². The maximum absolute atomic E-state index is 13.0. The average Bonchev–Trinajstić information content (AvgIpc) is 2.56. The predicted octanol–water partition coefficient (Wildman–Crippen LogP) is 4.17. The van der Waals surface area contributed by atoms with Crippen LogP contribution in [0.15, 0.2) is 53.4 Å². The van der Waals surface area contributed by atoms with E-state index in [0.717, 1.165) is 23.8 Å². The highest BCUT2D eigenvalue weighted by Gasteiger charge is 2.26. The minimum absolute atomic E-state index is 0.116. The molecule has 0 bridgehead atoms. The molecule has 0 saturated carbocycles. The third-order valence-corrected chi connectivity index (χ3v) is 5.66. The fourth-order valence-corrected chi connectivity index (χ4v) is 3.46. The van der Waals surface area contributed by atoms with Gasteiger partial charge in [-0.15, -0.1) is 0 Å². The van der Waals surface area contributed by atoms with E-state index < -0.39 is 9.84 Å². The number of aryl methyl sites for hydroxylation is 1. The topological polar surface area (TPSA) is 63.2 Å². The SMILES string of the molecule is CC[C@H](C)[C@H](C(=O)Nc1cc(S(C)(=O)=O)ccc1C)c1ccccc1. The van der Waals surface area contributed by atoms with Gasteiger partial charge in [0.25, 0.3) is 0 Å². The number of carbonyl (C=O) groups is 1. The van der Waals surface area contributed by atoms with E-state index in [1.807, 2.05) is 37.3 Å². The van der Waals surface area contributed by atoms with Crippen molar-refractivity contribution >= 4 is 21.4 Å². The van der Waals surface area contributed by atoms with Crippen LogP contribution >= 0.6 is 0 Å². The van der Waals surface area contributed by atoms with Crippen LogP contribution in [-0.4, -0.2) is 20.6 Å². The summed E-state index contributed by atoms with van der Waals surface area (Å²) in [5, 5.41) is 2.93. The van der Waals surface area contributed by atoms with Crippen molar-refractivity contribution in [2.75, 3.05) is 11.6 Å². The van der Waals surface area contributed by atoms with E-state index in [0.29, 0.717) is 5.69 Å². The van der Waals surface area contributed by atoms with Gasteiger partial charge >= 0.3 is 0 Å². The van der Waals surface area contributed by atoms with Crippen molar-refractivity contribution in [2.24, 2.45) is 5.92 Å². The maximum Gasteiger partial charge on any atom is 0.232 e. The molecule has 1 amide bonds. The summed E-state index contributed by atoms with van der Waals surface area (Å²) < 4.78 is 23.6. The van der Waals surface area contributed by atoms with E-state index in [2.05, 4.69) is 19.2 Å². The van der Waals surface area contributed by atoms with Crippen molar-refractivity contribution in [3.8, 4) is 0 Å². The van der Waals surface area contributed by atoms with Crippen LogP contribution in [0.25, 0.3) is 0 Å². The Morgan fingerprint density at radius 3 is 2.32 bits per heavy atom. The molecule has 0 aromatic heterocycles. The van der Waals surface area contributed by atoms with Gasteiger partial charge in [-0.2, -0.15) is 0 Å². The molecule has 4 nitrogen and oxygen atoms in total. The number of hydrogen-bond donors (Lipinski definition) is 1. The fraction of sp³-hybridized carbons (Fsp3) is 0.350. The highest BCUT2D eigenvalue weighted by atomic mass is 32.2. The Kier molecular flexibility index (Phi) is 6.01. The van der Waals surface area contributed by atoms with Gasteiger partial charge in [-0.25, -0.2) is 8.42 Å². The molecule has 25 heavy (non-hydrogen) atoms. The molecule has 0 aliphatic carbocycles. The highest BCUT2D eigenvalue weighted by molar-refractivity contribution is 7.90. The molecule has 0 heterocycles. The van der Waals surface area contributed by atoms with E-state index in [9.17, 15) is 13.2 Å². The van der Waals surface area contributed by atoms with Crippen LogP contribution in [0.5, 0.6) is 0 Å². The van der Waals surface area contributed by atoms with E-state index >= 15 is 0 Å². The Bertz CT molecular complexity index is 844. The van der Waals surface area contributed by atoms with E-state index in [4.69, 9.17) is 0 Å². The monoisotopic (exact) mass is 359 g/mol. The second kappa shape index (κ2) is 7.83. The Morgan fingerprint density at radius 1 is 1.12 bits per heavy atom. The molecule has 0 aliphatic heterocycles. The predicted molar refractivity (Wildman–Crippen MR) is 102 cm³/mol. The molecule has 0 spiro atoms. The molecule has 2 atom stereocenters. The zero-order valence-corrected chi connectivity index (χ0v) is 15.9. The first kappa shape index (κ1) is 19.2. The summed E-state index contributed by atoms with van der Waals surface area (Å²) in [5.74, 6) is -0.234. The summed E-state index contributed by atoms with van der Waals surface area (Å²) >= 11 is 0. The average molecular weight is 359 g/mol. The van der Waals surface area contributed by atoms with Gasteiger partial charge < -0.3 is 5.32 Å². The van der Waals surface area contributed by atoms with Crippen LogP contribution in [0, 0.1) is 12.8 Å². The lowest BCUT2D eigenvalue weighted by atomic mass is 9.85. The van der Waals surface area contributed by atoms with Crippen LogP contribution in [-0.2, 0) is 14.6 Å². The Balaban J connectivity index is 2.36. The normalized spacial score (nSPS) is 13.9. The molecule has 1 N–H and O–H groups in total. The van der Waals surface area contributed by atoms with Gasteiger partial charge in [0.2, 0.25) is 5.91 Å². The fourth-order valence-electron chi connectivity index (χ4n) is 2.81. The summed E-state index contributed by atoms with van der Waals surface area (Å²) in [6.07, 6.45) is 2.03. The Hall–Kier alpha value is -2.14. The quantitative estimate of drug-likeness (QED) is 0.842. The van der Waals surface area contributed by atoms with Gasteiger partial charge in [-0.05, 0) is 36.1 Å². The third-order valence-electron chi connectivity index (χ3n) is 4.55. The molecular weight excluding hydrogens is 334 g/mol. The Labute approximate surface area is 150 Å². The molecule has 0 radical (unpaired) electrons. The van der Waals surface area contributed by atoms with Crippen molar-refractivity contribution in [2.45, 2.75) is 38.0 Å². The van der Waals surface area contributed by atoms with Gasteiger partial charge in [0.05, 0.1) is 10.8 Å². The summed E-state index contributed by atoms with van der Waals surface area (Å²) in [5.41, 5.74) is 2.33. The second-order valence-corrected chi connectivity index (χ2v) is 8.53. The van der Waals surface area contributed by atoms with Crippen molar-refractivity contribution < 1.29 is 13.2 Å². The first-order valence-electron chi connectivity index (χ1n) is 8.40. The molecule has 0 fully saturated rings. The first-order chi connectivity index (χ1) is 11.7. The number of sulfone groups is 1. The highest BCUT2D eigenvalue weighted by Crippen LogP contribution is 2.29. The minimum atomic E-state index is -3.32. The van der Waals surface area contributed by atoms with Gasteiger partial charge in [0, 0.05) is 11.9 Å². The lowest BCUT2D eigenvalue weighted by Gasteiger charge is -2.23. The zero-order chi connectivity index (χ0) is 18.6. The molecule has 2 aromatic carbocycles. The summed E-state index contributed by atoms with van der Waals surface area (Å²) in [7, 11) is -3.32. The third kappa shape index (κ3) is 4.69. The van der Waals surface area contributed by atoms with Gasteiger partial charge in [-0.1, -0.05) is 56.7 Å². The summed E-state index contributed by atoms with van der Waals surface area (Å²) in [6, 6.07) is 14.5. The Morgan fingerprint density at radius 2 is 1.76 bits per heavy atom. The van der Waals surface area contributed by atoms with Crippen molar-refractivity contribution in [3.63, 3.8) is 0 Å².